The number of carbonyl (C=O) groups excluding carboxylic acids is 1. The Hall–Kier alpha value is -4.18. The molecule has 3 saturated heterocycles. The number of anilines is 1. The topological polar surface area (TPSA) is 145 Å². The fourth-order valence-electron chi connectivity index (χ4n) is 8.26. The molecule has 258 valence electrons. The van der Waals surface area contributed by atoms with Gasteiger partial charge in [0, 0.05) is 35.2 Å². The molecule has 1 amide bonds. The first-order valence-corrected chi connectivity index (χ1v) is 18.0. The molecule has 7 rings (SSSR count). The number of phenols is 1. The van der Waals surface area contributed by atoms with Crippen LogP contribution in [0.4, 0.5) is 9.39 Å². The van der Waals surface area contributed by atoms with Crippen molar-refractivity contribution in [1.29, 1.82) is 5.26 Å². The Bertz CT molecular complexity index is 1930. The smallest absolute Gasteiger partial charge is 0.244 e. The normalized spacial score (nSPS) is 23.9. The predicted molar refractivity (Wildman–Crippen MR) is 189 cm³/mol. The van der Waals surface area contributed by atoms with Crippen molar-refractivity contribution >= 4 is 38.2 Å². The number of hydrogen-bond acceptors (Lipinski definition) is 9. The quantitative estimate of drug-likeness (QED) is 0.123. The van der Waals surface area contributed by atoms with Gasteiger partial charge in [0.15, 0.2) is 5.88 Å². The summed E-state index contributed by atoms with van der Waals surface area (Å²) in [5, 5.41) is 29.0. The molecule has 3 fully saturated rings. The number of halogens is 1. The van der Waals surface area contributed by atoms with E-state index in [0.717, 1.165) is 62.1 Å². The number of carbonyl (C=O) groups is 1. The Labute approximate surface area is 289 Å². The summed E-state index contributed by atoms with van der Waals surface area (Å²) in [7, 11) is 0. The lowest BCUT2D eigenvalue weighted by Crippen LogP contribution is -2.43. The number of amides is 1. The third-order valence-corrected chi connectivity index (χ3v) is 11.6. The number of amidine groups is 1. The summed E-state index contributed by atoms with van der Waals surface area (Å²) in [5.74, 6) is 0.938. The SMILES string of the molecule is CCC/C=C(/NC(=NC1CCNC1=O)c1c(C)c(O)c(-c2ccc(F)c3sc(N)c(C#N)c23)c2c1COC2)OCC12CCCN1CC(C)C2. The summed E-state index contributed by atoms with van der Waals surface area (Å²) < 4.78 is 27.9. The van der Waals surface area contributed by atoms with Crippen molar-refractivity contribution in [2.24, 2.45) is 10.9 Å². The minimum absolute atomic E-state index is 0.00773. The Morgan fingerprint density at radius 3 is 2.96 bits per heavy atom. The highest BCUT2D eigenvalue weighted by Crippen LogP contribution is 2.49. The molecule has 0 spiro atoms. The lowest BCUT2D eigenvalue weighted by Gasteiger charge is -2.32. The molecule has 12 heteroatoms. The number of nitrogen functional groups attached to an aromatic ring is 1. The van der Waals surface area contributed by atoms with Crippen molar-refractivity contribution in [3.63, 3.8) is 0 Å². The minimum atomic E-state index is -0.614. The standard InChI is InChI=1S/C37H43FN6O4S/c1-4-5-7-28(48-19-37-11-6-13-44(37)16-20(2)14-37)43-35(42-27-10-12-41-36(27)46)29-21(3)32(45)30(25-18-47-17-24(25)29)22-8-9-26(38)33-31(22)23(15-39)34(40)49-33/h7-9,20,27,45H,4-6,10-14,16-19,40H2,1-3H3,(H,41,46)(H,42,43)/b28-7-. The molecule has 49 heavy (non-hydrogen) atoms. The van der Waals surface area contributed by atoms with Gasteiger partial charge in [-0.3, -0.25) is 14.7 Å². The first-order chi connectivity index (χ1) is 23.7. The lowest BCUT2D eigenvalue weighted by atomic mass is 9.86. The fraction of sp³-hybridized carbons (Fsp3) is 0.486. The van der Waals surface area contributed by atoms with Gasteiger partial charge in [-0.25, -0.2) is 4.39 Å². The zero-order valence-corrected chi connectivity index (χ0v) is 29.1. The number of unbranched alkanes of at least 4 members (excludes halogenated alkanes) is 1. The van der Waals surface area contributed by atoms with Gasteiger partial charge >= 0.3 is 0 Å². The number of fused-ring (bicyclic) bond motifs is 3. The highest BCUT2D eigenvalue weighted by atomic mass is 32.1. The Morgan fingerprint density at radius 1 is 1.39 bits per heavy atom. The number of nitrogens with two attached hydrogens (primary N) is 1. The average molecular weight is 687 g/mol. The van der Waals surface area contributed by atoms with Crippen LogP contribution in [0.15, 0.2) is 29.1 Å². The van der Waals surface area contributed by atoms with E-state index in [1.807, 2.05) is 6.08 Å². The monoisotopic (exact) mass is 686 g/mol. The highest BCUT2D eigenvalue weighted by molar-refractivity contribution is 7.23. The summed E-state index contributed by atoms with van der Waals surface area (Å²) >= 11 is 1.02. The Morgan fingerprint density at radius 2 is 2.20 bits per heavy atom. The number of nitrogens with one attached hydrogen (secondary N) is 2. The largest absolute Gasteiger partial charge is 0.507 e. The second kappa shape index (κ2) is 13.3. The van der Waals surface area contributed by atoms with E-state index in [-0.39, 0.29) is 45.7 Å². The number of thiophene rings is 1. The Balaban J connectivity index is 1.34. The van der Waals surface area contributed by atoms with Crippen LogP contribution in [-0.2, 0) is 27.5 Å². The van der Waals surface area contributed by atoms with E-state index in [1.165, 1.54) is 6.07 Å². The van der Waals surface area contributed by atoms with E-state index in [9.17, 15) is 15.2 Å². The van der Waals surface area contributed by atoms with Crippen molar-refractivity contribution in [3.8, 4) is 22.9 Å². The van der Waals surface area contributed by atoms with Crippen LogP contribution in [0, 0.1) is 30.0 Å². The van der Waals surface area contributed by atoms with Gasteiger partial charge in [-0.15, -0.1) is 11.3 Å². The summed E-state index contributed by atoms with van der Waals surface area (Å²) in [4.78, 5) is 20.4. The molecule has 0 radical (unpaired) electrons. The molecule has 0 bridgehead atoms. The van der Waals surface area contributed by atoms with Gasteiger partial charge in [-0.2, -0.15) is 5.26 Å². The molecule has 5 N–H and O–H groups in total. The van der Waals surface area contributed by atoms with Crippen molar-refractivity contribution in [2.75, 3.05) is 32.0 Å². The van der Waals surface area contributed by atoms with Crippen LogP contribution in [0.2, 0.25) is 0 Å². The molecular formula is C37H43FN6O4S. The molecule has 0 saturated carbocycles. The van der Waals surface area contributed by atoms with Crippen LogP contribution in [0.3, 0.4) is 0 Å². The molecule has 4 aliphatic heterocycles. The molecule has 4 aliphatic rings. The lowest BCUT2D eigenvalue weighted by molar-refractivity contribution is -0.120. The maximum Gasteiger partial charge on any atom is 0.244 e. The third kappa shape index (κ3) is 5.81. The molecule has 3 aromatic rings. The van der Waals surface area contributed by atoms with Crippen LogP contribution in [-0.4, -0.2) is 59.6 Å². The molecule has 3 atom stereocenters. The average Bonchev–Trinajstić information content (AvgIpc) is 3.90. The second-order valence-electron chi connectivity index (χ2n) is 13.9. The molecule has 10 nitrogen and oxygen atoms in total. The zero-order valence-electron chi connectivity index (χ0n) is 28.2. The number of aliphatic imine (C=N–C) groups is 1. The van der Waals surface area contributed by atoms with E-state index >= 15 is 4.39 Å². The number of nitriles is 1. The van der Waals surface area contributed by atoms with E-state index in [2.05, 4.69) is 35.5 Å². The van der Waals surface area contributed by atoms with Crippen LogP contribution >= 0.6 is 11.3 Å². The molecule has 5 heterocycles. The summed E-state index contributed by atoms with van der Waals surface area (Å²) in [6.07, 6.45) is 7.63. The van der Waals surface area contributed by atoms with Gasteiger partial charge in [0.2, 0.25) is 5.91 Å². The van der Waals surface area contributed by atoms with Crippen LogP contribution in [0.25, 0.3) is 21.2 Å². The zero-order chi connectivity index (χ0) is 34.4. The fourth-order valence-corrected chi connectivity index (χ4v) is 9.21. The number of aromatic hydroxyl groups is 1. The first-order valence-electron chi connectivity index (χ1n) is 17.2. The molecule has 0 aliphatic carbocycles. The van der Waals surface area contributed by atoms with Crippen molar-refractivity contribution in [1.82, 2.24) is 15.5 Å². The van der Waals surface area contributed by atoms with Gasteiger partial charge in [0.1, 0.15) is 41.1 Å². The maximum atomic E-state index is 15.0. The molecular weight excluding hydrogens is 644 g/mol. The molecule has 1 aromatic heterocycles. The van der Waals surface area contributed by atoms with Crippen LogP contribution < -0.4 is 16.4 Å². The number of benzene rings is 2. The summed E-state index contributed by atoms with van der Waals surface area (Å²) in [6.45, 7) is 9.89. The number of rotatable bonds is 9. The number of ether oxygens (including phenoxy) is 2. The molecule has 2 aromatic carbocycles. The number of nitrogens with zero attached hydrogens (tertiary/aromatic N) is 3. The van der Waals surface area contributed by atoms with E-state index in [4.69, 9.17) is 20.2 Å². The van der Waals surface area contributed by atoms with Crippen molar-refractivity contribution in [2.45, 2.75) is 84.1 Å². The van der Waals surface area contributed by atoms with E-state index in [1.54, 1.807) is 13.0 Å². The third-order valence-electron chi connectivity index (χ3n) is 10.5. The van der Waals surface area contributed by atoms with Gasteiger partial charge < -0.3 is 30.9 Å². The Kier molecular flexibility index (Phi) is 9.02. The van der Waals surface area contributed by atoms with Crippen LogP contribution in [0.1, 0.15) is 80.2 Å². The van der Waals surface area contributed by atoms with Gasteiger partial charge in [-0.1, -0.05) is 26.3 Å². The van der Waals surface area contributed by atoms with Gasteiger partial charge in [0.05, 0.1) is 29.0 Å². The molecule has 3 unspecified atom stereocenters. The summed E-state index contributed by atoms with van der Waals surface area (Å²) in [5.41, 5.74) is 10.00. The van der Waals surface area contributed by atoms with E-state index < -0.39 is 11.9 Å². The number of phenolic OH excluding ortho intramolecular Hbond substituents is 1. The summed E-state index contributed by atoms with van der Waals surface area (Å²) in [6, 6.07) is 4.44. The van der Waals surface area contributed by atoms with Gasteiger partial charge in [0.25, 0.3) is 0 Å². The van der Waals surface area contributed by atoms with E-state index in [0.29, 0.717) is 70.4 Å². The minimum Gasteiger partial charge on any atom is -0.507 e. The highest BCUT2D eigenvalue weighted by Gasteiger charge is 2.47. The van der Waals surface area contributed by atoms with Crippen molar-refractivity contribution in [3.05, 3.63) is 57.7 Å². The van der Waals surface area contributed by atoms with Crippen molar-refractivity contribution < 1.29 is 23.8 Å². The number of allylic oxidation sites excluding steroid dienone is 1. The first kappa shape index (κ1) is 33.3. The predicted octanol–water partition coefficient (Wildman–Crippen LogP) is 5.96. The van der Waals surface area contributed by atoms with Crippen LogP contribution in [0.5, 0.6) is 5.75 Å². The van der Waals surface area contributed by atoms with Gasteiger partial charge in [-0.05, 0) is 80.3 Å². The second-order valence-corrected chi connectivity index (χ2v) is 14.9. The maximum absolute atomic E-state index is 15.0. The number of hydrogen-bond donors (Lipinski definition) is 4.